The summed E-state index contributed by atoms with van der Waals surface area (Å²) in [6.07, 6.45) is 4.72. The van der Waals surface area contributed by atoms with Crippen LogP contribution in [0.15, 0.2) is 30.3 Å². The second kappa shape index (κ2) is 10.6. The summed E-state index contributed by atoms with van der Waals surface area (Å²) in [7, 11) is -3.72. The van der Waals surface area contributed by atoms with E-state index in [1.165, 1.54) is 12.8 Å². The number of hydrogen-bond acceptors (Lipinski definition) is 7. The van der Waals surface area contributed by atoms with Crippen molar-refractivity contribution in [2.75, 3.05) is 65.0 Å². The quantitative estimate of drug-likeness (QED) is 0.422. The Bertz CT molecular complexity index is 1430. The van der Waals surface area contributed by atoms with E-state index in [0.717, 1.165) is 37.2 Å². The number of carbonyl (C=O) groups excluding carboxylic acids is 1. The largest absolute Gasteiger partial charge is 0.491 e. The number of halogens is 2. The van der Waals surface area contributed by atoms with E-state index in [1.54, 1.807) is 30.3 Å². The number of anilines is 4. The lowest BCUT2D eigenvalue weighted by molar-refractivity contribution is -0.0221. The maximum absolute atomic E-state index is 13.8. The highest BCUT2D eigenvalue weighted by atomic mass is 32.2. The number of alkyl halides is 2. The zero-order chi connectivity index (χ0) is 28.8. The van der Waals surface area contributed by atoms with Gasteiger partial charge in [-0.15, -0.1) is 0 Å². The van der Waals surface area contributed by atoms with Crippen molar-refractivity contribution in [2.45, 2.75) is 50.9 Å². The molecule has 3 heterocycles. The summed E-state index contributed by atoms with van der Waals surface area (Å²) < 4.78 is 60.7. The first kappa shape index (κ1) is 28.0. The number of aliphatic hydroxyl groups is 1. The third-order valence-corrected chi connectivity index (χ3v) is 10.1. The van der Waals surface area contributed by atoms with Crippen LogP contribution >= 0.6 is 0 Å². The topological polar surface area (TPSA) is 111 Å². The van der Waals surface area contributed by atoms with Crippen molar-refractivity contribution >= 4 is 38.7 Å². The minimum atomic E-state index is -3.72. The molecule has 222 valence electrons. The van der Waals surface area contributed by atoms with E-state index in [0.29, 0.717) is 46.8 Å². The minimum absolute atomic E-state index is 0.183. The van der Waals surface area contributed by atoms with Crippen molar-refractivity contribution in [3.05, 3.63) is 41.5 Å². The van der Waals surface area contributed by atoms with Gasteiger partial charge in [0.25, 0.3) is 11.8 Å². The summed E-state index contributed by atoms with van der Waals surface area (Å²) in [5.74, 6) is -2.77. The summed E-state index contributed by atoms with van der Waals surface area (Å²) in [6, 6.07) is 8.53. The Morgan fingerprint density at radius 2 is 1.63 bits per heavy atom. The van der Waals surface area contributed by atoms with Crippen LogP contribution in [0.2, 0.25) is 0 Å². The summed E-state index contributed by atoms with van der Waals surface area (Å²) in [6.45, 7) is 1.96. The van der Waals surface area contributed by atoms with E-state index >= 15 is 0 Å². The number of aliphatic hydroxyl groups excluding tert-OH is 1. The molecular weight excluding hydrogens is 554 g/mol. The van der Waals surface area contributed by atoms with Crippen molar-refractivity contribution in [1.29, 1.82) is 0 Å². The summed E-state index contributed by atoms with van der Waals surface area (Å²) in [5, 5.41) is 12.1. The number of rotatable bonds is 8. The molecule has 3 N–H and O–H groups in total. The third kappa shape index (κ3) is 6.08. The smallest absolute Gasteiger partial charge is 0.255 e. The molecule has 2 aromatic rings. The second-order valence-electron chi connectivity index (χ2n) is 11.7. The molecule has 1 amide bonds. The van der Waals surface area contributed by atoms with Crippen LogP contribution in [0.4, 0.5) is 31.5 Å². The fourth-order valence-electron chi connectivity index (χ4n) is 6.13. The number of piperidine rings is 2. The lowest BCUT2D eigenvalue weighted by Crippen LogP contribution is -2.39. The lowest BCUT2D eigenvalue weighted by Gasteiger charge is -2.35. The van der Waals surface area contributed by atoms with Crippen LogP contribution in [0, 0.1) is 5.41 Å². The summed E-state index contributed by atoms with van der Waals surface area (Å²) in [5.41, 5.74) is 4.03. The fourth-order valence-corrected chi connectivity index (χ4v) is 6.96. The minimum Gasteiger partial charge on any atom is -0.491 e. The zero-order valence-electron chi connectivity index (χ0n) is 22.9. The van der Waals surface area contributed by atoms with E-state index in [9.17, 15) is 22.0 Å². The second-order valence-corrected chi connectivity index (χ2v) is 13.6. The molecule has 0 aromatic heterocycles. The van der Waals surface area contributed by atoms with E-state index < -0.39 is 28.3 Å². The molecule has 1 aliphatic carbocycles. The van der Waals surface area contributed by atoms with Crippen LogP contribution < -0.4 is 24.6 Å². The van der Waals surface area contributed by atoms with Crippen LogP contribution in [-0.4, -0.2) is 70.5 Å². The number of sulfonamides is 1. The Balaban J connectivity index is 1.27. The lowest BCUT2D eigenvalue weighted by atomic mass is 9.93. The molecule has 0 unspecified atom stereocenters. The van der Waals surface area contributed by atoms with E-state index in [4.69, 9.17) is 9.84 Å². The van der Waals surface area contributed by atoms with E-state index in [-0.39, 0.29) is 31.8 Å². The number of nitrogens with zero attached hydrogens (tertiary/aromatic N) is 2. The first-order chi connectivity index (χ1) is 19.6. The number of ether oxygens (including phenoxy) is 1. The van der Waals surface area contributed by atoms with Crippen LogP contribution in [0.1, 0.15) is 54.4 Å². The van der Waals surface area contributed by atoms with Crippen LogP contribution in [0.5, 0.6) is 5.75 Å². The number of hydrogen-bond donors (Lipinski definition) is 3. The molecule has 12 heteroatoms. The highest BCUT2D eigenvalue weighted by molar-refractivity contribution is 7.92. The number of fused-ring (bicyclic) bond motifs is 1. The highest BCUT2D eigenvalue weighted by Gasteiger charge is 2.44. The Kier molecular flexibility index (Phi) is 7.25. The average Bonchev–Trinajstić information content (AvgIpc) is 3.50. The molecule has 3 fully saturated rings. The van der Waals surface area contributed by atoms with Crippen LogP contribution in [-0.2, 0) is 16.4 Å². The molecule has 1 saturated carbocycles. The van der Waals surface area contributed by atoms with E-state index in [1.807, 2.05) is 4.90 Å². The number of benzene rings is 2. The molecule has 9 nitrogen and oxygen atoms in total. The Morgan fingerprint density at radius 1 is 0.951 bits per heavy atom. The Labute approximate surface area is 238 Å². The third-order valence-electron chi connectivity index (χ3n) is 8.86. The fraction of sp³-hybridized carbons (Fsp3) is 0.552. The van der Waals surface area contributed by atoms with Gasteiger partial charge in [-0.05, 0) is 61.4 Å². The van der Waals surface area contributed by atoms with Gasteiger partial charge in [0.2, 0.25) is 10.0 Å². The van der Waals surface area contributed by atoms with E-state index in [2.05, 4.69) is 14.9 Å². The molecule has 0 radical (unpaired) electrons. The molecule has 6 rings (SSSR count). The van der Waals surface area contributed by atoms with Gasteiger partial charge >= 0.3 is 0 Å². The molecule has 3 aliphatic heterocycles. The Hall–Kier alpha value is -3.12. The summed E-state index contributed by atoms with van der Waals surface area (Å²) >= 11 is 0. The number of amides is 1. The van der Waals surface area contributed by atoms with Crippen LogP contribution in [0.3, 0.4) is 0 Å². The number of carbonyl (C=O) groups is 1. The van der Waals surface area contributed by atoms with Crippen molar-refractivity contribution in [3.8, 4) is 5.75 Å². The van der Waals surface area contributed by atoms with Gasteiger partial charge in [0.05, 0.1) is 41.7 Å². The molecule has 2 aromatic carbocycles. The van der Waals surface area contributed by atoms with Crippen molar-refractivity contribution in [1.82, 2.24) is 0 Å². The monoisotopic (exact) mass is 590 g/mol. The summed E-state index contributed by atoms with van der Waals surface area (Å²) in [4.78, 5) is 17.7. The SMILES string of the molecule is O=C(Nc1ccc(NS(=O)(=O)CCO)cc1N1CCC2(CC1)CC2)c1cc2c(c(N3CCC(F)(F)CC3)c1)OCC2. The van der Waals surface area contributed by atoms with Gasteiger partial charge < -0.3 is 25.0 Å². The van der Waals surface area contributed by atoms with Gasteiger partial charge in [-0.1, -0.05) is 0 Å². The van der Waals surface area contributed by atoms with Crippen molar-refractivity contribution < 1.29 is 31.8 Å². The molecule has 1 spiro atoms. The average molecular weight is 591 g/mol. The molecule has 2 saturated heterocycles. The Morgan fingerprint density at radius 3 is 2.32 bits per heavy atom. The van der Waals surface area contributed by atoms with Crippen molar-refractivity contribution in [3.63, 3.8) is 0 Å². The highest BCUT2D eigenvalue weighted by Crippen LogP contribution is 2.54. The molecule has 0 atom stereocenters. The van der Waals surface area contributed by atoms with Gasteiger partial charge in [0, 0.05) is 56.6 Å². The first-order valence-electron chi connectivity index (χ1n) is 14.3. The molecule has 41 heavy (non-hydrogen) atoms. The predicted molar refractivity (Wildman–Crippen MR) is 154 cm³/mol. The normalized spacial score (nSPS) is 20.9. The number of nitrogens with one attached hydrogen (secondary N) is 2. The predicted octanol–water partition coefficient (Wildman–Crippen LogP) is 4.22. The van der Waals surface area contributed by atoms with Crippen molar-refractivity contribution in [2.24, 2.45) is 5.41 Å². The zero-order valence-corrected chi connectivity index (χ0v) is 23.7. The standard InChI is InChI=1S/C29H36F2N4O5S/c30-29(31)8-12-35(13-9-29)25-18-21(17-20-3-15-40-26(20)25)27(37)32-23-2-1-22(33-41(38,39)16-14-36)19-24(23)34-10-6-28(4-5-28)7-11-34/h1-2,17-19,33,36H,3-16H2,(H,32,37). The van der Waals surface area contributed by atoms with Gasteiger partial charge in [0.15, 0.2) is 0 Å². The molecular formula is C29H36F2N4O5S. The van der Waals surface area contributed by atoms with Crippen LogP contribution in [0.25, 0.3) is 0 Å². The van der Waals surface area contributed by atoms with Gasteiger partial charge in [0.1, 0.15) is 5.75 Å². The van der Waals surface area contributed by atoms with Gasteiger partial charge in [-0.25, -0.2) is 17.2 Å². The van der Waals surface area contributed by atoms with Gasteiger partial charge in [-0.2, -0.15) is 0 Å². The molecule has 4 aliphatic rings. The van der Waals surface area contributed by atoms with Gasteiger partial charge in [-0.3, -0.25) is 9.52 Å². The molecule has 0 bridgehead atoms. The maximum atomic E-state index is 13.8. The maximum Gasteiger partial charge on any atom is 0.255 e. The first-order valence-corrected chi connectivity index (χ1v) is 15.9.